The number of benzene rings is 1. The number of fused-ring (bicyclic) bond motifs is 1. The van der Waals surface area contributed by atoms with Gasteiger partial charge in [-0.2, -0.15) is 0 Å². The number of para-hydroxylation sites is 1. The van der Waals surface area contributed by atoms with Crippen LogP contribution in [0.25, 0.3) is 0 Å². The highest BCUT2D eigenvalue weighted by Crippen LogP contribution is 2.29. The molecule has 1 amide bonds. The number of amides is 1. The number of ether oxygens (including phenoxy) is 1. The van der Waals surface area contributed by atoms with Crippen molar-refractivity contribution in [2.45, 2.75) is 25.9 Å². The number of anilines is 1. The Hall–Kier alpha value is -1.68. The van der Waals surface area contributed by atoms with Crippen LogP contribution in [0, 0.1) is 0 Å². The van der Waals surface area contributed by atoms with Gasteiger partial charge < -0.3 is 9.64 Å². The molecule has 4 nitrogen and oxygen atoms in total. The Morgan fingerprint density at radius 1 is 1.22 bits per heavy atom. The van der Waals surface area contributed by atoms with Gasteiger partial charge in [0.25, 0.3) is 11.7 Å². The van der Waals surface area contributed by atoms with Gasteiger partial charge in [-0.3, -0.25) is 9.59 Å². The molecule has 1 aromatic rings. The normalized spacial score (nSPS) is 15.2. The third-order valence-electron chi connectivity index (χ3n) is 3.37. The Morgan fingerprint density at radius 3 is 2.56 bits per heavy atom. The summed E-state index contributed by atoms with van der Waals surface area (Å²) in [5.41, 5.74) is 0.901. The number of methoxy groups -OCH3 is 1. The van der Waals surface area contributed by atoms with Crippen LogP contribution < -0.4 is 4.90 Å². The van der Waals surface area contributed by atoms with E-state index >= 15 is 0 Å². The molecule has 0 aromatic heterocycles. The molecule has 0 unspecified atom stereocenters. The third-order valence-corrected chi connectivity index (χ3v) is 3.37. The first-order valence-electron chi connectivity index (χ1n) is 5.96. The smallest absolute Gasteiger partial charge is 0.299 e. The van der Waals surface area contributed by atoms with Crippen molar-refractivity contribution in [1.82, 2.24) is 0 Å². The summed E-state index contributed by atoms with van der Waals surface area (Å²) in [6.45, 7) is 4.41. The van der Waals surface area contributed by atoms with Crippen molar-refractivity contribution in [2.24, 2.45) is 0 Å². The second-order valence-electron chi connectivity index (χ2n) is 5.02. The Balaban J connectivity index is 2.20. The minimum atomic E-state index is -0.442. The Labute approximate surface area is 107 Å². The van der Waals surface area contributed by atoms with Gasteiger partial charge in [0.05, 0.1) is 16.9 Å². The summed E-state index contributed by atoms with van der Waals surface area (Å²) < 4.78 is 5.32. The van der Waals surface area contributed by atoms with Crippen molar-refractivity contribution in [3.8, 4) is 0 Å². The van der Waals surface area contributed by atoms with Crippen LogP contribution in [-0.2, 0) is 9.53 Å². The lowest BCUT2D eigenvalue weighted by molar-refractivity contribution is -0.114. The summed E-state index contributed by atoms with van der Waals surface area (Å²) in [5.74, 6) is -0.857. The zero-order chi connectivity index (χ0) is 13.3. The van der Waals surface area contributed by atoms with Crippen LogP contribution in [0.3, 0.4) is 0 Å². The third kappa shape index (κ3) is 2.16. The monoisotopic (exact) mass is 247 g/mol. The van der Waals surface area contributed by atoms with E-state index in [2.05, 4.69) is 0 Å². The standard InChI is InChI=1S/C14H17NO3/c1-14(2,18-3)8-9-15-11-7-5-4-6-10(11)12(16)13(15)17/h4-7H,8-9H2,1-3H3. The number of rotatable bonds is 4. The average Bonchev–Trinajstić information content (AvgIpc) is 2.61. The predicted octanol–water partition coefficient (Wildman–Crippen LogP) is 2.03. The SMILES string of the molecule is COC(C)(C)CCN1C(=O)C(=O)c2ccccc21. The van der Waals surface area contributed by atoms with E-state index in [-0.39, 0.29) is 5.60 Å². The first-order chi connectivity index (χ1) is 8.46. The first-order valence-corrected chi connectivity index (χ1v) is 5.96. The minimum absolute atomic E-state index is 0.305. The molecule has 0 radical (unpaired) electrons. The lowest BCUT2D eigenvalue weighted by Gasteiger charge is -2.26. The maximum atomic E-state index is 11.9. The van der Waals surface area contributed by atoms with Crippen LogP contribution in [0.1, 0.15) is 30.6 Å². The van der Waals surface area contributed by atoms with Crippen LogP contribution in [0.5, 0.6) is 0 Å². The van der Waals surface area contributed by atoms with Gasteiger partial charge in [0.15, 0.2) is 0 Å². The number of ketones is 1. The Kier molecular flexibility index (Phi) is 3.22. The van der Waals surface area contributed by atoms with Crippen LogP contribution in [0.15, 0.2) is 24.3 Å². The quantitative estimate of drug-likeness (QED) is 0.765. The largest absolute Gasteiger partial charge is 0.379 e. The summed E-state index contributed by atoms with van der Waals surface area (Å²) in [7, 11) is 1.64. The van der Waals surface area contributed by atoms with E-state index < -0.39 is 11.7 Å². The van der Waals surface area contributed by atoms with Crippen LogP contribution in [0.4, 0.5) is 5.69 Å². The van der Waals surface area contributed by atoms with Gasteiger partial charge in [-0.15, -0.1) is 0 Å². The molecular formula is C14H17NO3. The number of carbonyl (C=O) groups is 2. The van der Waals surface area contributed by atoms with Crippen LogP contribution in [0.2, 0.25) is 0 Å². The summed E-state index contributed by atoms with van der Waals surface area (Å²) in [4.78, 5) is 25.2. The summed E-state index contributed by atoms with van der Waals surface area (Å²) in [6, 6.07) is 7.10. The minimum Gasteiger partial charge on any atom is -0.379 e. The van der Waals surface area contributed by atoms with E-state index in [0.717, 1.165) is 0 Å². The molecule has 18 heavy (non-hydrogen) atoms. The second-order valence-corrected chi connectivity index (χ2v) is 5.02. The van der Waals surface area contributed by atoms with Crippen molar-refractivity contribution in [1.29, 1.82) is 0 Å². The van der Waals surface area contributed by atoms with Gasteiger partial charge in [-0.05, 0) is 32.4 Å². The molecular weight excluding hydrogens is 230 g/mol. The number of nitrogens with zero attached hydrogens (tertiary/aromatic N) is 1. The van der Waals surface area contributed by atoms with E-state index in [9.17, 15) is 9.59 Å². The molecule has 96 valence electrons. The van der Waals surface area contributed by atoms with Crippen molar-refractivity contribution in [2.75, 3.05) is 18.6 Å². The zero-order valence-corrected chi connectivity index (χ0v) is 10.9. The highest BCUT2D eigenvalue weighted by molar-refractivity contribution is 6.52. The van der Waals surface area contributed by atoms with E-state index in [1.165, 1.54) is 0 Å². The van der Waals surface area contributed by atoms with E-state index in [1.54, 1.807) is 30.2 Å². The topological polar surface area (TPSA) is 46.6 Å². The first kappa shape index (κ1) is 12.8. The molecule has 1 heterocycles. The molecule has 1 aliphatic rings. The average molecular weight is 247 g/mol. The predicted molar refractivity (Wildman–Crippen MR) is 68.8 cm³/mol. The molecule has 0 N–H and O–H groups in total. The van der Waals surface area contributed by atoms with Gasteiger partial charge in [0.2, 0.25) is 0 Å². The summed E-state index contributed by atoms with van der Waals surface area (Å²) >= 11 is 0. The van der Waals surface area contributed by atoms with E-state index in [1.807, 2.05) is 19.9 Å². The maximum absolute atomic E-state index is 11.9. The molecule has 0 bridgehead atoms. The fourth-order valence-corrected chi connectivity index (χ4v) is 1.95. The molecule has 0 saturated carbocycles. The zero-order valence-electron chi connectivity index (χ0n) is 10.9. The number of hydrogen-bond donors (Lipinski definition) is 0. The fourth-order valence-electron chi connectivity index (χ4n) is 1.95. The molecule has 1 aliphatic heterocycles. The fraction of sp³-hybridized carbons (Fsp3) is 0.429. The molecule has 0 fully saturated rings. The van der Waals surface area contributed by atoms with Crippen molar-refractivity contribution in [3.63, 3.8) is 0 Å². The lowest BCUT2D eigenvalue weighted by Crippen LogP contribution is -2.35. The number of hydrogen-bond acceptors (Lipinski definition) is 3. The van der Waals surface area contributed by atoms with Gasteiger partial charge >= 0.3 is 0 Å². The lowest BCUT2D eigenvalue weighted by atomic mass is 10.1. The second kappa shape index (κ2) is 4.53. The molecule has 0 spiro atoms. The van der Waals surface area contributed by atoms with Gasteiger partial charge in [0.1, 0.15) is 0 Å². The highest BCUT2D eigenvalue weighted by Gasteiger charge is 2.35. The number of carbonyl (C=O) groups excluding carboxylic acids is 2. The highest BCUT2D eigenvalue weighted by atomic mass is 16.5. The van der Waals surface area contributed by atoms with E-state index in [4.69, 9.17) is 4.74 Å². The molecule has 0 saturated heterocycles. The molecule has 0 aliphatic carbocycles. The van der Waals surface area contributed by atoms with Crippen LogP contribution >= 0.6 is 0 Å². The van der Waals surface area contributed by atoms with Gasteiger partial charge in [0, 0.05) is 13.7 Å². The van der Waals surface area contributed by atoms with Crippen molar-refractivity contribution < 1.29 is 14.3 Å². The molecule has 4 heteroatoms. The summed E-state index contributed by atoms with van der Waals surface area (Å²) in [5, 5.41) is 0. The summed E-state index contributed by atoms with van der Waals surface area (Å²) in [6.07, 6.45) is 0.677. The van der Waals surface area contributed by atoms with Gasteiger partial charge in [-0.1, -0.05) is 12.1 Å². The molecule has 2 rings (SSSR count). The Bertz CT molecular complexity index is 494. The molecule has 0 atom stereocenters. The van der Waals surface area contributed by atoms with Gasteiger partial charge in [-0.25, -0.2) is 0 Å². The van der Waals surface area contributed by atoms with Crippen molar-refractivity contribution in [3.05, 3.63) is 29.8 Å². The number of Topliss-reactive ketones (excluding diaryl/α,β-unsaturated/α-hetero) is 1. The maximum Gasteiger partial charge on any atom is 0.299 e. The molecule has 1 aromatic carbocycles. The van der Waals surface area contributed by atoms with Crippen molar-refractivity contribution >= 4 is 17.4 Å². The Morgan fingerprint density at radius 2 is 1.89 bits per heavy atom. The van der Waals surface area contributed by atoms with Crippen LogP contribution in [-0.4, -0.2) is 30.9 Å². The van der Waals surface area contributed by atoms with E-state index in [0.29, 0.717) is 24.2 Å².